The van der Waals surface area contributed by atoms with Crippen LogP contribution in [-0.2, 0) is 10.0 Å². The second-order valence-corrected chi connectivity index (χ2v) is 8.43. The molecule has 0 bridgehead atoms. The highest BCUT2D eigenvalue weighted by atomic mass is 32.2. The van der Waals surface area contributed by atoms with Gasteiger partial charge in [-0.1, -0.05) is 6.07 Å². The van der Waals surface area contributed by atoms with Crippen molar-refractivity contribution < 1.29 is 23.1 Å². The molecule has 0 unspecified atom stereocenters. The maximum absolute atomic E-state index is 12.4. The van der Waals surface area contributed by atoms with Crippen LogP contribution in [0.5, 0.6) is 0 Å². The molecular formula is C19H22N2O5S. The summed E-state index contributed by atoms with van der Waals surface area (Å²) in [6, 6.07) is 9.99. The van der Waals surface area contributed by atoms with E-state index in [-0.39, 0.29) is 22.1 Å². The van der Waals surface area contributed by atoms with Gasteiger partial charge in [0.15, 0.2) is 0 Å². The van der Waals surface area contributed by atoms with E-state index in [0.29, 0.717) is 11.3 Å². The topological polar surface area (TPSA) is 104 Å². The van der Waals surface area contributed by atoms with Crippen molar-refractivity contribution in [2.75, 3.05) is 12.4 Å². The Morgan fingerprint density at radius 2 is 1.67 bits per heavy atom. The third-order valence-corrected chi connectivity index (χ3v) is 6.29. The van der Waals surface area contributed by atoms with Gasteiger partial charge in [0.25, 0.3) is 5.91 Å². The average Bonchev–Trinajstić information content (AvgIpc) is 2.62. The zero-order chi connectivity index (χ0) is 20.4. The van der Waals surface area contributed by atoms with Crippen LogP contribution in [-0.4, -0.2) is 42.8 Å². The van der Waals surface area contributed by atoms with Gasteiger partial charge < -0.3 is 10.4 Å². The molecule has 2 aromatic rings. The van der Waals surface area contributed by atoms with Crippen molar-refractivity contribution in [3.63, 3.8) is 0 Å². The molecule has 2 N–H and O–H groups in total. The number of hydrogen-bond acceptors (Lipinski definition) is 4. The first-order valence-corrected chi connectivity index (χ1v) is 9.71. The number of carbonyl (C=O) groups is 2. The van der Waals surface area contributed by atoms with Gasteiger partial charge in [-0.3, -0.25) is 4.79 Å². The lowest BCUT2D eigenvalue weighted by Gasteiger charge is -2.21. The fourth-order valence-electron chi connectivity index (χ4n) is 2.36. The summed E-state index contributed by atoms with van der Waals surface area (Å²) in [7, 11) is -2.13. The molecule has 1 amide bonds. The molecule has 0 saturated heterocycles. The van der Waals surface area contributed by atoms with Crippen LogP contribution in [0.25, 0.3) is 0 Å². The summed E-state index contributed by atoms with van der Waals surface area (Å²) in [6.07, 6.45) is 0. The molecule has 0 atom stereocenters. The van der Waals surface area contributed by atoms with Crippen molar-refractivity contribution >= 4 is 27.6 Å². The maximum Gasteiger partial charge on any atom is 0.336 e. The summed E-state index contributed by atoms with van der Waals surface area (Å²) in [5.41, 5.74) is 1.30. The predicted molar refractivity (Wildman–Crippen MR) is 103 cm³/mol. The molecule has 0 aromatic heterocycles. The molecule has 0 radical (unpaired) electrons. The number of benzene rings is 2. The van der Waals surface area contributed by atoms with Crippen molar-refractivity contribution in [1.82, 2.24) is 4.31 Å². The maximum atomic E-state index is 12.4. The number of nitrogens with zero attached hydrogens (tertiary/aromatic N) is 1. The second kappa shape index (κ2) is 7.89. The molecule has 2 aromatic carbocycles. The van der Waals surface area contributed by atoms with Crippen molar-refractivity contribution in [3.05, 3.63) is 59.2 Å². The van der Waals surface area contributed by atoms with Crippen LogP contribution in [0.3, 0.4) is 0 Å². The number of carboxylic acid groups (broad SMARTS) is 1. The van der Waals surface area contributed by atoms with Crippen LogP contribution < -0.4 is 5.32 Å². The molecule has 2 rings (SSSR count). The number of aromatic carboxylic acids is 1. The molecule has 0 saturated carbocycles. The van der Waals surface area contributed by atoms with Gasteiger partial charge in [0, 0.05) is 24.3 Å². The van der Waals surface area contributed by atoms with E-state index in [4.69, 9.17) is 5.11 Å². The summed E-state index contributed by atoms with van der Waals surface area (Å²) < 4.78 is 26.1. The number of aryl methyl sites for hydroxylation is 1. The Morgan fingerprint density at radius 3 is 2.19 bits per heavy atom. The molecule has 0 heterocycles. The standard InChI is InChI=1S/C19H22N2O5S/c1-12(2)21(4)27(25,26)16-9-6-14(7-10-16)18(22)20-15-8-5-13(3)17(11-15)19(23)24/h5-12H,1-4H3,(H,20,22)(H,23,24). The van der Waals surface area contributed by atoms with Crippen LogP contribution >= 0.6 is 0 Å². The lowest BCUT2D eigenvalue weighted by Crippen LogP contribution is -2.33. The molecule has 27 heavy (non-hydrogen) atoms. The summed E-state index contributed by atoms with van der Waals surface area (Å²) in [5, 5.41) is 11.8. The fraction of sp³-hybridized carbons (Fsp3) is 0.263. The normalized spacial score (nSPS) is 11.6. The third-order valence-electron chi connectivity index (χ3n) is 4.25. The van der Waals surface area contributed by atoms with Crippen LogP contribution in [0.1, 0.15) is 40.1 Å². The highest BCUT2D eigenvalue weighted by Crippen LogP contribution is 2.19. The fourth-order valence-corrected chi connectivity index (χ4v) is 3.72. The number of carboxylic acids is 1. The smallest absolute Gasteiger partial charge is 0.336 e. The van der Waals surface area contributed by atoms with Gasteiger partial charge in [-0.25, -0.2) is 13.2 Å². The van der Waals surface area contributed by atoms with Crippen LogP contribution in [0, 0.1) is 6.92 Å². The lowest BCUT2D eigenvalue weighted by atomic mass is 10.1. The number of carbonyl (C=O) groups excluding carboxylic acids is 1. The quantitative estimate of drug-likeness (QED) is 0.789. The third kappa shape index (κ3) is 4.53. The molecule has 0 spiro atoms. The summed E-state index contributed by atoms with van der Waals surface area (Å²) >= 11 is 0. The number of hydrogen-bond donors (Lipinski definition) is 2. The predicted octanol–water partition coefficient (Wildman–Crippen LogP) is 2.97. The molecule has 0 aliphatic heterocycles. The van der Waals surface area contributed by atoms with E-state index in [1.807, 2.05) is 0 Å². The molecule has 7 nitrogen and oxygen atoms in total. The van der Waals surface area contributed by atoms with Crippen molar-refractivity contribution in [2.24, 2.45) is 0 Å². The van der Waals surface area contributed by atoms with Gasteiger partial charge in [0.1, 0.15) is 0 Å². The van der Waals surface area contributed by atoms with Gasteiger partial charge in [0.2, 0.25) is 10.0 Å². The summed E-state index contributed by atoms with van der Waals surface area (Å²) in [6.45, 7) is 5.21. The average molecular weight is 390 g/mol. The van der Waals surface area contributed by atoms with E-state index in [1.165, 1.54) is 41.7 Å². The minimum absolute atomic E-state index is 0.0961. The van der Waals surface area contributed by atoms with Gasteiger partial charge in [0.05, 0.1) is 10.5 Å². The minimum Gasteiger partial charge on any atom is -0.478 e. The highest BCUT2D eigenvalue weighted by Gasteiger charge is 2.23. The Labute approximate surface area is 158 Å². The Kier molecular flexibility index (Phi) is 6.02. The Hall–Kier alpha value is -2.71. The van der Waals surface area contributed by atoms with Crippen molar-refractivity contribution in [3.8, 4) is 0 Å². The van der Waals surface area contributed by atoms with E-state index >= 15 is 0 Å². The molecule has 8 heteroatoms. The monoisotopic (exact) mass is 390 g/mol. The van der Waals surface area contributed by atoms with E-state index in [2.05, 4.69) is 5.32 Å². The lowest BCUT2D eigenvalue weighted by molar-refractivity contribution is 0.0695. The Balaban J connectivity index is 2.22. The van der Waals surface area contributed by atoms with Crippen molar-refractivity contribution in [2.45, 2.75) is 31.7 Å². The van der Waals surface area contributed by atoms with E-state index in [0.717, 1.165) is 0 Å². The Morgan fingerprint density at radius 1 is 1.07 bits per heavy atom. The second-order valence-electron chi connectivity index (χ2n) is 6.43. The zero-order valence-electron chi connectivity index (χ0n) is 15.6. The molecule has 0 aliphatic carbocycles. The first-order valence-electron chi connectivity index (χ1n) is 8.27. The molecular weight excluding hydrogens is 368 g/mol. The first kappa shape index (κ1) is 20.6. The van der Waals surface area contributed by atoms with Crippen LogP contribution in [0.2, 0.25) is 0 Å². The van der Waals surface area contributed by atoms with E-state index in [1.54, 1.807) is 32.9 Å². The van der Waals surface area contributed by atoms with Gasteiger partial charge in [-0.15, -0.1) is 0 Å². The largest absolute Gasteiger partial charge is 0.478 e. The van der Waals surface area contributed by atoms with Gasteiger partial charge in [-0.05, 0) is 62.7 Å². The van der Waals surface area contributed by atoms with Gasteiger partial charge >= 0.3 is 5.97 Å². The molecule has 0 fully saturated rings. The zero-order valence-corrected chi connectivity index (χ0v) is 16.4. The number of anilines is 1. The summed E-state index contributed by atoms with van der Waals surface area (Å²) in [4.78, 5) is 23.7. The molecule has 0 aliphatic rings. The van der Waals surface area contributed by atoms with E-state index < -0.39 is 21.9 Å². The SMILES string of the molecule is Cc1ccc(NC(=O)c2ccc(S(=O)(=O)N(C)C(C)C)cc2)cc1C(=O)O. The number of sulfonamides is 1. The van der Waals surface area contributed by atoms with Gasteiger partial charge in [-0.2, -0.15) is 4.31 Å². The highest BCUT2D eigenvalue weighted by molar-refractivity contribution is 7.89. The van der Waals surface area contributed by atoms with Crippen LogP contribution in [0.15, 0.2) is 47.4 Å². The molecule has 144 valence electrons. The summed E-state index contributed by atoms with van der Waals surface area (Å²) in [5.74, 6) is -1.54. The number of nitrogens with one attached hydrogen (secondary N) is 1. The minimum atomic E-state index is -3.62. The van der Waals surface area contributed by atoms with Crippen molar-refractivity contribution in [1.29, 1.82) is 0 Å². The first-order chi connectivity index (χ1) is 12.5. The van der Waals surface area contributed by atoms with Crippen LogP contribution in [0.4, 0.5) is 5.69 Å². The number of amides is 1. The Bertz CT molecular complexity index is 966. The number of rotatable bonds is 6. The van der Waals surface area contributed by atoms with E-state index in [9.17, 15) is 18.0 Å².